The third kappa shape index (κ3) is 6.21. The van der Waals surface area contributed by atoms with Crippen LogP contribution in [0.25, 0.3) is 0 Å². The smallest absolute Gasteiger partial charge is 0.228 e. The van der Waals surface area contributed by atoms with E-state index in [2.05, 4.69) is 26.6 Å². The Hall–Kier alpha value is -0.160. The zero-order valence-corrected chi connectivity index (χ0v) is 14.1. The molecule has 0 spiro atoms. The van der Waals surface area contributed by atoms with Gasteiger partial charge in [-0.15, -0.1) is 0 Å². The van der Waals surface area contributed by atoms with Gasteiger partial charge in [-0.3, -0.25) is 4.79 Å². The summed E-state index contributed by atoms with van der Waals surface area (Å²) in [5.74, 6) is -0.163. The van der Waals surface area contributed by atoms with Gasteiger partial charge in [0, 0.05) is 16.6 Å². The van der Waals surface area contributed by atoms with E-state index in [9.17, 15) is 4.79 Å². The van der Waals surface area contributed by atoms with Crippen LogP contribution < -0.4 is 10.6 Å². The number of halogens is 4. The Morgan fingerprint density at radius 1 is 1.32 bits per heavy atom. The van der Waals surface area contributed by atoms with Crippen molar-refractivity contribution < 1.29 is 4.79 Å². The minimum atomic E-state index is -1.64. The molecule has 0 radical (unpaired) electrons. The summed E-state index contributed by atoms with van der Waals surface area (Å²) in [7, 11) is 0. The molecule has 1 atom stereocenters. The van der Waals surface area contributed by atoms with Crippen molar-refractivity contribution in [1.82, 2.24) is 5.32 Å². The van der Waals surface area contributed by atoms with E-state index in [4.69, 9.17) is 34.8 Å². The van der Waals surface area contributed by atoms with E-state index in [1.54, 1.807) is 0 Å². The first kappa shape index (κ1) is 16.9. The first-order valence-corrected chi connectivity index (χ1v) is 7.63. The molecule has 0 aliphatic carbocycles. The zero-order valence-electron chi connectivity index (χ0n) is 10.2. The molecule has 106 valence electrons. The van der Waals surface area contributed by atoms with E-state index in [-0.39, 0.29) is 5.91 Å². The van der Waals surface area contributed by atoms with Gasteiger partial charge in [0.1, 0.15) is 6.17 Å². The Bertz CT molecular complexity index is 420. The molecule has 0 aliphatic heterocycles. The largest absolute Gasteiger partial charge is 0.362 e. The van der Waals surface area contributed by atoms with Gasteiger partial charge in [-0.1, -0.05) is 57.7 Å². The highest BCUT2D eigenvalue weighted by Gasteiger charge is 2.33. The van der Waals surface area contributed by atoms with E-state index in [0.717, 1.165) is 16.6 Å². The van der Waals surface area contributed by atoms with Crippen molar-refractivity contribution in [1.29, 1.82) is 0 Å². The van der Waals surface area contributed by atoms with Crippen LogP contribution in [0.1, 0.15) is 19.8 Å². The SMILES string of the molecule is CCCC(=O)N[C@@H](Nc1ccc(Br)cc1)C(Cl)(Cl)Cl. The summed E-state index contributed by atoms with van der Waals surface area (Å²) in [5, 5.41) is 5.65. The molecule has 1 rings (SSSR count). The summed E-state index contributed by atoms with van der Waals surface area (Å²) >= 11 is 20.9. The number of anilines is 1. The van der Waals surface area contributed by atoms with Crippen LogP contribution in [-0.4, -0.2) is 15.9 Å². The molecule has 19 heavy (non-hydrogen) atoms. The lowest BCUT2D eigenvalue weighted by molar-refractivity contribution is -0.121. The lowest BCUT2D eigenvalue weighted by Gasteiger charge is -2.27. The van der Waals surface area contributed by atoms with Gasteiger partial charge in [0.05, 0.1) is 0 Å². The van der Waals surface area contributed by atoms with E-state index in [1.165, 1.54) is 0 Å². The highest BCUT2D eigenvalue weighted by atomic mass is 79.9. The first-order valence-electron chi connectivity index (χ1n) is 5.71. The van der Waals surface area contributed by atoms with Crippen LogP contribution in [0.15, 0.2) is 28.7 Å². The molecular weight excluding hydrogens is 374 g/mol. The minimum Gasteiger partial charge on any atom is -0.362 e. The van der Waals surface area contributed by atoms with Crippen LogP contribution in [0.5, 0.6) is 0 Å². The third-order valence-corrected chi connectivity index (χ3v) is 3.45. The Labute approximate surface area is 136 Å². The molecule has 0 unspecified atom stereocenters. The molecule has 0 aromatic heterocycles. The summed E-state index contributed by atoms with van der Waals surface area (Å²) in [5.41, 5.74) is 0.747. The molecule has 0 aliphatic rings. The van der Waals surface area contributed by atoms with Crippen molar-refractivity contribution in [3.63, 3.8) is 0 Å². The number of amides is 1. The fourth-order valence-electron chi connectivity index (χ4n) is 1.37. The Balaban J connectivity index is 2.75. The number of nitrogens with one attached hydrogen (secondary N) is 2. The number of carbonyl (C=O) groups is 1. The van der Waals surface area contributed by atoms with Gasteiger partial charge in [0.15, 0.2) is 0 Å². The minimum absolute atomic E-state index is 0.163. The first-order chi connectivity index (χ1) is 8.82. The van der Waals surface area contributed by atoms with Crippen molar-refractivity contribution in [2.24, 2.45) is 0 Å². The summed E-state index contributed by atoms with van der Waals surface area (Å²) < 4.78 is -0.699. The number of hydrogen-bond acceptors (Lipinski definition) is 2. The zero-order chi connectivity index (χ0) is 14.5. The fraction of sp³-hybridized carbons (Fsp3) is 0.417. The molecule has 1 aromatic carbocycles. The predicted octanol–water partition coefficient (Wildman–Crippen LogP) is 4.47. The average Bonchev–Trinajstić information content (AvgIpc) is 2.30. The van der Waals surface area contributed by atoms with E-state index in [0.29, 0.717) is 6.42 Å². The second-order valence-corrected chi connectivity index (χ2v) is 7.23. The van der Waals surface area contributed by atoms with E-state index < -0.39 is 9.96 Å². The predicted molar refractivity (Wildman–Crippen MR) is 84.9 cm³/mol. The molecule has 1 aromatic rings. The van der Waals surface area contributed by atoms with Gasteiger partial charge in [0.2, 0.25) is 9.70 Å². The van der Waals surface area contributed by atoms with Crippen molar-refractivity contribution in [2.45, 2.75) is 29.7 Å². The maximum Gasteiger partial charge on any atom is 0.228 e. The monoisotopic (exact) mass is 386 g/mol. The second kappa shape index (κ2) is 7.58. The van der Waals surface area contributed by atoms with Gasteiger partial charge >= 0.3 is 0 Å². The lowest BCUT2D eigenvalue weighted by atomic mass is 10.3. The molecule has 1 amide bonds. The fourth-order valence-corrected chi connectivity index (χ4v) is 1.96. The molecule has 0 bridgehead atoms. The number of carbonyl (C=O) groups excluding carboxylic acids is 1. The van der Waals surface area contributed by atoms with Crippen LogP contribution in [0.3, 0.4) is 0 Å². The summed E-state index contributed by atoms with van der Waals surface area (Å²) in [6.45, 7) is 1.91. The third-order valence-electron chi connectivity index (χ3n) is 2.26. The van der Waals surface area contributed by atoms with Crippen LogP contribution in [0.4, 0.5) is 5.69 Å². The standard InChI is InChI=1S/C12H14BrCl3N2O/c1-2-3-10(19)18-11(12(14,15)16)17-9-6-4-8(13)5-7-9/h4-7,11,17H,2-3H2,1H3,(H,18,19)/t11-/m1/s1. The maximum atomic E-state index is 11.6. The molecular formula is C12H14BrCl3N2O. The second-order valence-electron chi connectivity index (χ2n) is 3.94. The van der Waals surface area contributed by atoms with Crippen LogP contribution in [0.2, 0.25) is 0 Å². The summed E-state index contributed by atoms with van der Waals surface area (Å²) in [4.78, 5) is 11.6. The molecule has 2 N–H and O–H groups in total. The quantitative estimate of drug-likeness (QED) is 0.577. The van der Waals surface area contributed by atoms with Crippen LogP contribution >= 0.6 is 50.7 Å². The number of hydrogen-bond donors (Lipinski definition) is 2. The Morgan fingerprint density at radius 3 is 2.37 bits per heavy atom. The average molecular weight is 389 g/mol. The van der Waals surface area contributed by atoms with Crippen LogP contribution in [-0.2, 0) is 4.79 Å². The van der Waals surface area contributed by atoms with Gasteiger partial charge in [-0.25, -0.2) is 0 Å². The highest BCUT2D eigenvalue weighted by Crippen LogP contribution is 2.31. The number of rotatable bonds is 5. The topological polar surface area (TPSA) is 41.1 Å². The van der Waals surface area contributed by atoms with Crippen molar-refractivity contribution in [3.05, 3.63) is 28.7 Å². The molecule has 3 nitrogen and oxygen atoms in total. The van der Waals surface area contributed by atoms with Gasteiger partial charge in [-0.2, -0.15) is 0 Å². The van der Waals surface area contributed by atoms with Gasteiger partial charge in [-0.05, 0) is 30.7 Å². The van der Waals surface area contributed by atoms with E-state index in [1.807, 2.05) is 31.2 Å². The van der Waals surface area contributed by atoms with Gasteiger partial charge < -0.3 is 10.6 Å². The molecule has 0 fully saturated rings. The summed E-state index contributed by atoms with van der Waals surface area (Å²) in [6, 6.07) is 7.34. The number of alkyl halides is 3. The Morgan fingerprint density at radius 2 is 1.89 bits per heavy atom. The van der Waals surface area contributed by atoms with Crippen LogP contribution in [0, 0.1) is 0 Å². The molecule has 0 saturated carbocycles. The lowest BCUT2D eigenvalue weighted by Crippen LogP contribution is -2.49. The molecule has 0 heterocycles. The van der Waals surface area contributed by atoms with Crippen molar-refractivity contribution in [2.75, 3.05) is 5.32 Å². The molecule has 0 saturated heterocycles. The number of benzene rings is 1. The summed E-state index contributed by atoms with van der Waals surface area (Å²) in [6.07, 6.45) is 0.327. The molecule has 7 heteroatoms. The maximum absolute atomic E-state index is 11.6. The Kier molecular flexibility index (Phi) is 6.74. The highest BCUT2D eigenvalue weighted by molar-refractivity contribution is 9.10. The van der Waals surface area contributed by atoms with E-state index >= 15 is 0 Å². The van der Waals surface area contributed by atoms with Crippen molar-refractivity contribution >= 4 is 62.3 Å². The normalized spacial score (nSPS) is 12.9. The van der Waals surface area contributed by atoms with Gasteiger partial charge in [0.25, 0.3) is 0 Å². The van der Waals surface area contributed by atoms with Crippen molar-refractivity contribution in [3.8, 4) is 0 Å².